The quantitative estimate of drug-likeness (QED) is 0.795. The van der Waals surface area contributed by atoms with Crippen molar-refractivity contribution in [1.29, 1.82) is 0 Å². The number of piperidine rings is 1. The van der Waals surface area contributed by atoms with Gasteiger partial charge in [-0.05, 0) is 68.5 Å². The molecule has 0 saturated carbocycles. The highest BCUT2D eigenvalue weighted by Crippen LogP contribution is 2.40. The maximum atomic E-state index is 9.53. The molecule has 0 aromatic heterocycles. The Balaban J connectivity index is 0.00000108. The van der Waals surface area contributed by atoms with Gasteiger partial charge in [0.2, 0.25) is 0 Å². The highest BCUT2D eigenvalue weighted by molar-refractivity contribution is 8.93. The molecule has 1 N–H and O–H groups in total. The van der Waals surface area contributed by atoms with Crippen LogP contribution in [0, 0.1) is 0 Å². The minimum Gasteiger partial charge on any atom is -0.508 e. The van der Waals surface area contributed by atoms with Crippen LogP contribution in [0.15, 0.2) is 18.2 Å². The van der Waals surface area contributed by atoms with Gasteiger partial charge in [-0.1, -0.05) is 6.07 Å². The molecule has 0 unspecified atom stereocenters. The molecule has 0 amide bonds. The molecule has 1 aliphatic heterocycles. The van der Waals surface area contributed by atoms with Crippen molar-refractivity contribution < 1.29 is 5.11 Å². The van der Waals surface area contributed by atoms with Crippen LogP contribution in [0.2, 0.25) is 0 Å². The summed E-state index contributed by atoms with van der Waals surface area (Å²) in [5, 5.41) is 9.53. The van der Waals surface area contributed by atoms with Crippen LogP contribution in [0.4, 0.5) is 0 Å². The first-order chi connectivity index (χ1) is 7.75. The molecule has 0 bridgehead atoms. The van der Waals surface area contributed by atoms with Crippen LogP contribution in [0.1, 0.15) is 36.3 Å². The van der Waals surface area contributed by atoms with Crippen LogP contribution in [-0.4, -0.2) is 29.6 Å². The van der Waals surface area contributed by atoms with Gasteiger partial charge in [-0.3, -0.25) is 0 Å². The Kier molecular flexibility index (Phi) is 3.79. The normalized spacial score (nSPS) is 27.8. The number of rotatable bonds is 0. The third-order valence-electron chi connectivity index (χ3n) is 4.29. The number of phenolic OH excluding ortho intramolecular Hbond substituents is 1. The largest absolute Gasteiger partial charge is 0.508 e. The van der Waals surface area contributed by atoms with E-state index in [0.29, 0.717) is 11.7 Å². The van der Waals surface area contributed by atoms with Gasteiger partial charge < -0.3 is 10.0 Å². The molecule has 1 fully saturated rings. The molecule has 1 saturated heterocycles. The van der Waals surface area contributed by atoms with Crippen molar-refractivity contribution in [3.05, 3.63) is 29.3 Å². The van der Waals surface area contributed by atoms with E-state index in [1.54, 1.807) is 0 Å². The average molecular weight is 298 g/mol. The van der Waals surface area contributed by atoms with Crippen LogP contribution >= 0.6 is 17.0 Å². The topological polar surface area (TPSA) is 23.5 Å². The molecule has 1 aromatic carbocycles. The van der Waals surface area contributed by atoms with Gasteiger partial charge in [0.05, 0.1) is 0 Å². The van der Waals surface area contributed by atoms with E-state index in [4.69, 9.17) is 0 Å². The number of aryl methyl sites for hydroxylation is 1. The number of likely N-dealkylation sites (tertiary alicyclic amines) is 1. The van der Waals surface area contributed by atoms with Gasteiger partial charge in [-0.15, -0.1) is 17.0 Å². The Morgan fingerprint density at radius 2 is 2.12 bits per heavy atom. The number of fused-ring (bicyclic) bond motifs is 3. The third kappa shape index (κ3) is 2.23. The predicted octanol–water partition coefficient (Wildman–Crippen LogP) is 3.09. The summed E-state index contributed by atoms with van der Waals surface area (Å²) in [4.78, 5) is 2.52. The monoisotopic (exact) mass is 297 g/mol. The smallest absolute Gasteiger partial charge is 0.115 e. The zero-order valence-electron chi connectivity index (χ0n) is 10.2. The second kappa shape index (κ2) is 4.99. The molecule has 0 spiro atoms. The van der Waals surface area contributed by atoms with E-state index in [0.717, 1.165) is 12.5 Å². The van der Waals surface area contributed by atoms with Gasteiger partial charge in [0.1, 0.15) is 5.75 Å². The van der Waals surface area contributed by atoms with Gasteiger partial charge in [-0.25, -0.2) is 0 Å². The van der Waals surface area contributed by atoms with Crippen molar-refractivity contribution in [3.8, 4) is 5.75 Å². The van der Waals surface area contributed by atoms with Crippen molar-refractivity contribution in [3.63, 3.8) is 0 Å². The summed E-state index contributed by atoms with van der Waals surface area (Å²) in [5.74, 6) is 1.12. The number of aromatic hydroxyl groups is 1. The summed E-state index contributed by atoms with van der Waals surface area (Å²) < 4.78 is 0. The summed E-state index contributed by atoms with van der Waals surface area (Å²) in [6, 6.07) is 6.67. The van der Waals surface area contributed by atoms with E-state index in [1.807, 2.05) is 12.1 Å². The number of nitrogens with zero attached hydrogens (tertiary/aromatic N) is 1. The molecular formula is C14H20BrNO. The van der Waals surface area contributed by atoms with Crippen molar-refractivity contribution in [2.24, 2.45) is 0 Å². The van der Waals surface area contributed by atoms with Crippen LogP contribution in [0.5, 0.6) is 5.75 Å². The number of benzene rings is 1. The standard InChI is InChI=1S/C14H19NO.BrH/c1-15-8-2-3-13-12-6-5-11(16)9-10(12)4-7-14(13)15;/h5-6,9,13-14,16H,2-4,7-8H2,1H3;1H/t13-,14-;/m0./s1. The fourth-order valence-electron chi connectivity index (χ4n) is 3.48. The second-order valence-corrected chi connectivity index (χ2v) is 5.22. The van der Waals surface area contributed by atoms with Crippen molar-refractivity contribution in [2.75, 3.05) is 13.6 Å². The molecule has 2 aliphatic rings. The maximum absolute atomic E-state index is 9.53. The zero-order valence-corrected chi connectivity index (χ0v) is 11.9. The number of likely N-dealkylation sites (N-methyl/N-ethyl adjacent to an activating group) is 1. The molecule has 1 heterocycles. The van der Waals surface area contributed by atoms with E-state index in [2.05, 4.69) is 18.0 Å². The Labute approximate surface area is 113 Å². The summed E-state index contributed by atoms with van der Waals surface area (Å²) in [7, 11) is 2.25. The highest BCUT2D eigenvalue weighted by Gasteiger charge is 2.34. The number of hydrogen-bond acceptors (Lipinski definition) is 2. The molecule has 2 nitrogen and oxygen atoms in total. The van der Waals surface area contributed by atoms with Crippen molar-refractivity contribution in [1.82, 2.24) is 4.90 Å². The lowest BCUT2D eigenvalue weighted by Gasteiger charge is -2.43. The fourth-order valence-corrected chi connectivity index (χ4v) is 3.48. The van der Waals surface area contributed by atoms with Crippen molar-refractivity contribution >= 4 is 17.0 Å². The Bertz CT molecular complexity index is 407. The lowest BCUT2D eigenvalue weighted by molar-refractivity contribution is 0.143. The number of hydrogen-bond donors (Lipinski definition) is 1. The lowest BCUT2D eigenvalue weighted by Crippen LogP contribution is -2.43. The van der Waals surface area contributed by atoms with Crippen LogP contribution in [-0.2, 0) is 6.42 Å². The molecule has 2 atom stereocenters. The number of halogens is 1. The van der Waals surface area contributed by atoms with Crippen molar-refractivity contribution in [2.45, 2.75) is 37.6 Å². The zero-order chi connectivity index (χ0) is 11.1. The van der Waals surface area contributed by atoms with Gasteiger partial charge in [0, 0.05) is 6.04 Å². The third-order valence-corrected chi connectivity index (χ3v) is 4.29. The van der Waals surface area contributed by atoms with E-state index in [-0.39, 0.29) is 17.0 Å². The van der Waals surface area contributed by atoms with Crippen LogP contribution in [0.3, 0.4) is 0 Å². The van der Waals surface area contributed by atoms with E-state index >= 15 is 0 Å². The first kappa shape index (κ1) is 12.9. The van der Waals surface area contributed by atoms with E-state index in [9.17, 15) is 5.11 Å². The lowest BCUT2D eigenvalue weighted by atomic mass is 9.74. The molecule has 17 heavy (non-hydrogen) atoms. The van der Waals surface area contributed by atoms with Gasteiger partial charge in [0.25, 0.3) is 0 Å². The van der Waals surface area contributed by atoms with Crippen LogP contribution in [0.25, 0.3) is 0 Å². The summed E-state index contributed by atoms with van der Waals surface area (Å²) >= 11 is 0. The fraction of sp³-hybridized carbons (Fsp3) is 0.571. The minimum absolute atomic E-state index is 0. The first-order valence-corrected chi connectivity index (χ1v) is 6.28. The predicted molar refractivity (Wildman–Crippen MR) is 75.1 cm³/mol. The van der Waals surface area contributed by atoms with Gasteiger partial charge in [-0.2, -0.15) is 0 Å². The summed E-state index contributed by atoms with van der Waals surface area (Å²) in [5.41, 5.74) is 2.86. The second-order valence-electron chi connectivity index (χ2n) is 5.22. The van der Waals surface area contributed by atoms with Gasteiger partial charge >= 0.3 is 0 Å². The highest BCUT2D eigenvalue weighted by atomic mass is 79.9. The average Bonchev–Trinajstić information content (AvgIpc) is 2.28. The van der Waals surface area contributed by atoms with Gasteiger partial charge in [0.15, 0.2) is 0 Å². The Hall–Kier alpha value is -0.540. The molecule has 1 aliphatic carbocycles. The Morgan fingerprint density at radius 3 is 2.94 bits per heavy atom. The van der Waals surface area contributed by atoms with Crippen LogP contribution < -0.4 is 0 Å². The molecule has 1 aromatic rings. The summed E-state index contributed by atoms with van der Waals surface area (Å²) in [6.45, 7) is 1.24. The molecule has 0 radical (unpaired) electrons. The van der Waals surface area contributed by atoms with E-state index in [1.165, 1.54) is 36.9 Å². The maximum Gasteiger partial charge on any atom is 0.115 e. The molecular weight excluding hydrogens is 278 g/mol. The summed E-state index contributed by atoms with van der Waals surface area (Å²) in [6.07, 6.45) is 4.98. The van der Waals surface area contributed by atoms with E-state index < -0.39 is 0 Å². The number of phenols is 1. The molecule has 94 valence electrons. The minimum atomic E-state index is 0. The first-order valence-electron chi connectivity index (χ1n) is 6.28. The molecule has 3 rings (SSSR count). The molecule has 3 heteroatoms. The SMILES string of the molecule is Br.CN1CCC[C@H]2c3ccc(O)cc3CC[C@@H]21. The Morgan fingerprint density at radius 1 is 1.29 bits per heavy atom.